The topological polar surface area (TPSA) is 46.2 Å². The van der Waals surface area contributed by atoms with Gasteiger partial charge in [0.2, 0.25) is 0 Å². The van der Waals surface area contributed by atoms with Crippen molar-refractivity contribution in [2.75, 3.05) is 6.54 Å². The summed E-state index contributed by atoms with van der Waals surface area (Å²) in [7, 11) is 0. The molecule has 0 saturated carbocycles. The van der Waals surface area contributed by atoms with E-state index in [0.717, 1.165) is 12.0 Å². The highest BCUT2D eigenvalue weighted by atomic mass is 19.1. The molecule has 0 aliphatic carbocycles. The van der Waals surface area contributed by atoms with Crippen molar-refractivity contribution in [3.63, 3.8) is 0 Å². The number of aliphatic hydroxyl groups excluding tert-OH is 1. The zero-order valence-corrected chi connectivity index (χ0v) is 11.4. The van der Waals surface area contributed by atoms with E-state index in [0.29, 0.717) is 13.0 Å². The molecule has 2 aromatic rings. The van der Waals surface area contributed by atoms with Crippen molar-refractivity contribution in [2.45, 2.75) is 24.9 Å². The molecular weight excluding hydrogens is 253 g/mol. The van der Waals surface area contributed by atoms with Crippen LogP contribution in [0.3, 0.4) is 0 Å². The Morgan fingerprint density at radius 3 is 2.45 bits per heavy atom. The maximum atomic E-state index is 13.3. The van der Waals surface area contributed by atoms with Gasteiger partial charge in [0.1, 0.15) is 5.82 Å². The van der Waals surface area contributed by atoms with Gasteiger partial charge in [0.25, 0.3) is 0 Å². The van der Waals surface area contributed by atoms with Gasteiger partial charge in [-0.25, -0.2) is 4.39 Å². The number of benzene rings is 2. The third-order valence-electron chi connectivity index (χ3n) is 3.57. The van der Waals surface area contributed by atoms with E-state index in [1.807, 2.05) is 36.4 Å². The summed E-state index contributed by atoms with van der Waals surface area (Å²) in [6.07, 6.45) is 0.831. The van der Waals surface area contributed by atoms with Crippen molar-refractivity contribution in [1.29, 1.82) is 0 Å². The van der Waals surface area contributed by atoms with Crippen LogP contribution in [0.25, 0.3) is 0 Å². The molecule has 0 bridgehead atoms. The highest BCUT2D eigenvalue weighted by molar-refractivity contribution is 5.22. The molecule has 0 aliphatic rings. The predicted octanol–water partition coefficient (Wildman–Crippen LogP) is 2.86. The molecule has 0 aromatic heterocycles. The molecule has 3 heteroatoms. The highest BCUT2D eigenvalue weighted by Gasteiger charge is 2.20. The van der Waals surface area contributed by atoms with E-state index in [1.165, 1.54) is 17.7 Å². The van der Waals surface area contributed by atoms with Gasteiger partial charge in [-0.3, -0.25) is 0 Å². The maximum Gasteiger partial charge on any atom is 0.123 e. The van der Waals surface area contributed by atoms with E-state index in [4.69, 9.17) is 5.73 Å². The van der Waals surface area contributed by atoms with Crippen molar-refractivity contribution in [2.24, 2.45) is 5.73 Å². The Labute approximate surface area is 119 Å². The molecule has 0 spiro atoms. The zero-order chi connectivity index (χ0) is 14.4. The monoisotopic (exact) mass is 273 g/mol. The number of rotatable bonds is 6. The summed E-state index contributed by atoms with van der Waals surface area (Å²) in [5.74, 6) is -0.523. The SMILES string of the molecule is NCC(c1cccc(F)c1)C(O)CCc1ccccc1. The lowest BCUT2D eigenvalue weighted by molar-refractivity contribution is 0.136. The fraction of sp³-hybridized carbons (Fsp3) is 0.294. The molecule has 0 fully saturated rings. The van der Waals surface area contributed by atoms with Crippen molar-refractivity contribution in [3.8, 4) is 0 Å². The Balaban J connectivity index is 2.00. The first-order chi connectivity index (χ1) is 9.70. The molecule has 2 rings (SSSR count). The summed E-state index contributed by atoms with van der Waals surface area (Å²) in [6.45, 7) is 0.305. The average Bonchev–Trinajstić information content (AvgIpc) is 2.47. The molecule has 0 heterocycles. The summed E-state index contributed by atoms with van der Waals surface area (Å²) in [5.41, 5.74) is 7.68. The van der Waals surface area contributed by atoms with E-state index in [9.17, 15) is 9.50 Å². The Kier molecular flexibility index (Phi) is 5.27. The minimum absolute atomic E-state index is 0.227. The molecule has 2 unspecified atom stereocenters. The molecule has 0 amide bonds. The van der Waals surface area contributed by atoms with Gasteiger partial charge >= 0.3 is 0 Å². The molecule has 3 N–H and O–H groups in total. The fourth-order valence-corrected chi connectivity index (χ4v) is 2.41. The molecule has 20 heavy (non-hydrogen) atoms. The second-order valence-corrected chi connectivity index (χ2v) is 4.99. The minimum atomic E-state index is -0.568. The second kappa shape index (κ2) is 7.17. The average molecular weight is 273 g/mol. The lowest BCUT2D eigenvalue weighted by Crippen LogP contribution is -2.26. The van der Waals surface area contributed by atoms with Crippen LogP contribution in [0.4, 0.5) is 4.39 Å². The Morgan fingerprint density at radius 2 is 1.80 bits per heavy atom. The standard InChI is InChI=1S/C17H20FNO/c18-15-8-4-7-14(11-15)16(12-19)17(20)10-9-13-5-2-1-3-6-13/h1-8,11,16-17,20H,9-10,12,19H2. The third-order valence-corrected chi connectivity index (χ3v) is 3.57. The smallest absolute Gasteiger partial charge is 0.123 e. The first kappa shape index (κ1) is 14.7. The van der Waals surface area contributed by atoms with Gasteiger partial charge < -0.3 is 10.8 Å². The fourth-order valence-electron chi connectivity index (χ4n) is 2.41. The summed E-state index contributed by atoms with van der Waals surface area (Å²) < 4.78 is 13.3. The van der Waals surface area contributed by atoms with Gasteiger partial charge in [0.15, 0.2) is 0 Å². The zero-order valence-electron chi connectivity index (χ0n) is 11.4. The van der Waals surface area contributed by atoms with E-state index in [1.54, 1.807) is 6.07 Å². The van der Waals surface area contributed by atoms with Crippen LogP contribution in [0.1, 0.15) is 23.5 Å². The van der Waals surface area contributed by atoms with Crippen LogP contribution in [0.2, 0.25) is 0 Å². The molecule has 0 radical (unpaired) electrons. The number of halogens is 1. The number of aryl methyl sites for hydroxylation is 1. The number of hydrogen-bond donors (Lipinski definition) is 2. The van der Waals surface area contributed by atoms with Crippen molar-refractivity contribution >= 4 is 0 Å². The van der Waals surface area contributed by atoms with Gasteiger partial charge in [-0.05, 0) is 36.1 Å². The van der Waals surface area contributed by atoms with Crippen LogP contribution < -0.4 is 5.73 Å². The van der Waals surface area contributed by atoms with Crippen molar-refractivity contribution < 1.29 is 9.50 Å². The van der Waals surface area contributed by atoms with Gasteiger partial charge in [-0.15, -0.1) is 0 Å². The molecule has 0 aliphatic heterocycles. The second-order valence-electron chi connectivity index (χ2n) is 4.99. The van der Waals surface area contributed by atoms with E-state index in [2.05, 4.69) is 0 Å². The molecular formula is C17H20FNO. The van der Waals surface area contributed by atoms with Crippen molar-refractivity contribution in [3.05, 3.63) is 71.5 Å². The minimum Gasteiger partial charge on any atom is -0.392 e. The summed E-state index contributed by atoms with van der Waals surface area (Å²) in [5, 5.41) is 10.3. The predicted molar refractivity (Wildman–Crippen MR) is 79.0 cm³/mol. The number of hydrogen-bond acceptors (Lipinski definition) is 2. The van der Waals surface area contributed by atoms with Gasteiger partial charge in [-0.1, -0.05) is 42.5 Å². The van der Waals surface area contributed by atoms with E-state index >= 15 is 0 Å². The first-order valence-corrected chi connectivity index (χ1v) is 6.88. The van der Waals surface area contributed by atoms with E-state index in [-0.39, 0.29) is 11.7 Å². The summed E-state index contributed by atoms with van der Waals surface area (Å²) >= 11 is 0. The number of nitrogens with two attached hydrogens (primary N) is 1. The van der Waals surface area contributed by atoms with Crippen LogP contribution in [0, 0.1) is 5.82 Å². The van der Waals surface area contributed by atoms with Crippen molar-refractivity contribution in [1.82, 2.24) is 0 Å². The molecule has 2 aromatic carbocycles. The van der Waals surface area contributed by atoms with Gasteiger partial charge in [-0.2, -0.15) is 0 Å². The van der Waals surface area contributed by atoms with Crippen LogP contribution in [-0.4, -0.2) is 17.8 Å². The van der Waals surface area contributed by atoms with E-state index < -0.39 is 6.10 Å². The van der Waals surface area contributed by atoms with Crippen LogP contribution in [-0.2, 0) is 6.42 Å². The molecule has 0 saturated heterocycles. The van der Waals surface area contributed by atoms with Gasteiger partial charge in [0, 0.05) is 12.5 Å². The van der Waals surface area contributed by atoms with Crippen LogP contribution in [0.5, 0.6) is 0 Å². The molecule has 2 atom stereocenters. The largest absolute Gasteiger partial charge is 0.392 e. The first-order valence-electron chi connectivity index (χ1n) is 6.88. The van der Waals surface area contributed by atoms with Crippen LogP contribution >= 0.6 is 0 Å². The Bertz CT molecular complexity index is 530. The van der Waals surface area contributed by atoms with Gasteiger partial charge in [0.05, 0.1) is 6.10 Å². The summed E-state index contributed by atoms with van der Waals surface area (Å²) in [4.78, 5) is 0. The van der Waals surface area contributed by atoms with Crippen LogP contribution in [0.15, 0.2) is 54.6 Å². The quantitative estimate of drug-likeness (QED) is 0.850. The highest BCUT2D eigenvalue weighted by Crippen LogP contribution is 2.22. The third kappa shape index (κ3) is 3.89. The number of aliphatic hydroxyl groups is 1. The Hall–Kier alpha value is -1.71. The molecule has 2 nitrogen and oxygen atoms in total. The Morgan fingerprint density at radius 1 is 1.05 bits per heavy atom. The lowest BCUT2D eigenvalue weighted by Gasteiger charge is -2.22. The summed E-state index contributed by atoms with van der Waals surface area (Å²) in [6, 6.07) is 16.3. The maximum absolute atomic E-state index is 13.3. The lowest BCUT2D eigenvalue weighted by atomic mass is 9.90. The molecule has 106 valence electrons. The normalized spacial score (nSPS) is 13.9.